The third-order valence-corrected chi connectivity index (χ3v) is 5.36. The Balaban J connectivity index is 1.48. The number of anilines is 1. The number of nitrogens with one attached hydrogen (secondary N) is 3. The second-order valence-corrected chi connectivity index (χ2v) is 7.93. The SMILES string of the molecule is COc1cc(CNc2ccc3[nH]c(=O)[nH]c3c2)cc(Br)c1OCc1cccc(C)c1. The number of hydrogen-bond acceptors (Lipinski definition) is 4. The normalized spacial score (nSPS) is 10.9. The molecule has 0 saturated heterocycles. The number of benzene rings is 3. The van der Waals surface area contributed by atoms with Crippen LogP contribution in [0.15, 0.2) is 63.9 Å². The summed E-state index contributed by atoms with van der Waals surface area (Å²) in [6.45, 7) is 3.11. The van der Waals surface area contributed by atoms with Gasteiger partial charge in [-0.05, 0) is 64.3 Å². The molecule has 0 aliphatic rings. The second kappa shape index (κ2) is 8.67. The fourth-order valence-corrected chi connectivity index (χ4v) is 3.92. The molecular formula is C23H22BrN3O3. The largest absolute Gasteiger partial charge is 0.493 e. The minimum absolute atomic E-state index is 0.211. The molecule has 6 nitrogen and oxygen atoms in total. The van der Waals surface area contributed by atoms with Crippen molar-refractivity contribution in [3.63, 3.8) is 0 Å². The Labute approximate surface area is 182 Å². The molecule has 3 N–H and O–H groups in total. The lowest BCUT2D eigenvalue weighted by atomic mass is 10.1. The first-order valence-electron chi connectivity index (χ1n) is 9.52. The molecule has 3 aromatic carbocycles. The first-order valence-corrected chi connectivity index (χ1v) is 10.3. The molecule has 7 heteroatoms. The summed E-state index contributed by atoms with van der Waals surface area (Å²) in [4.78, 5) is 16.9. The highest BCUT2D eigenvalue weighted by atomic mass is 79.9. The summed E-state index contributed by atoms with van der Waals surface area (Å²) in [6.07, 6.45) is 0. The maximum absolute atomic E-state index is 11.4. The number of imidazole rings is 1. The molecule has 0 aliphatic carbocycles. The summed E-state index contributed by atoms with van der Waals surface area (Å²) < 4.78 is 12.4. The fourth-order valence-electron chi connectivity index (χ4n) is 3.32. The van der Waals surface area contributed by atoms with Crippen molar-refractivity contribution in [1.29, 1.82) is 0 Å². The first kappa shape index (κ1) is 20.1. The minimum Gasteiger partial charge on any atom is -0.493 e. The van der Waals surface area contributed by atoms with E-state index in [0.29, 0.717) is 24.7 Å². The number of fused-ring (bicyclic) bond motifs is 1. The van der Waals surface area contributed by atoms with Gasteiger partial charge in [0, 0.05) is 12.2 Å². The number of H-pyrrole nitrogens is 2. The molecule has 0 unspecified atom stereocenters. The predicted octanol–water partition coefficient (Wildman–Crippen LogP) is 5.13. The number of aromatic nitrogens is 2. The Morgan fingerprint density at radius 3 is 2.63 bits per heavy atom. The second-order valence-electron chi connectivity index (χ2n) is 7.08. The molecule has 1 aromatic heterocycles. The molecule has 0 spiro atoms. The Morgan fingerprint density at radius 1 is 1.00 bits per heavy atom. The van der Waals surface area contributed by atoms with Crippen molar-refractivity contribution in [3.8, 4) is 11.5 Å². The quantitative estimate of drug-likeness (QED) is 0.352. The van der Waals surface area contributed by atoms with Gasteiger partial charge in [0.05, 0.1) is 22.6 Å². The highest BCUT2D eigenvalue weighted by Crippen LogP contribution is 2.37. The van der Waals surface area contributed by atoms with E-state index in [1.54, 1.807) is 7.11 Å². The van der Waals surface area contributed by atoms with Gasteiger partial charge in [0.2, 0.25) is 0 Å². The predicted molar refractivity (Wildman–Crippen MR) is 122 cm³/mol. The Bertz CT molecular complexity index is 1250. The van der Waals surface area contributed by atoms with Crippen molar-refractivity contribution in [1.82, 2.24) is 9.97 Å². The van der Waals surface area contributed by atoms with Crippen molar-refractivity contribution in [2.75, 3.05) is 12.4 Å². The van der Waals surface area contributed by atoms with Gasteiger partial charge in [-0.15, -0.1) is 0 Å². The molecule has 30 heavy (non-hydrogen) atoms. The van der Waals surface area contributed by atoms with E-state index in [9.17, 15) is 4.79 Å². The number of halogens is 1. The summed E-state index contributed by atoms with van der Waals surface area (Å²) >= 11 is 3.61. The lowest BCUT2D eigenvalue weighted by Crippen LogP contribution is -2.03. The Hall–Kier alpha value is -3.19. The number of methoxy groups -OCH3 is 1. The van der Waals surface area contributed by atoms with Crippen molar-refractivity contribution in [2.24, 2.45) is 0 Å². The molecule has 0 atom stereocenters. The van der Waals surface area contributed by atoms with E-state index in [0.717, 1.165) is 32.3 Å². The van der Waals surface area contributed by atoms with Crippen LogP contribution in [0.2, 0.25) is 0 Å². The summed E-state index contributed by atoms with van der Waals surface area (Å²) in [5.41, 5.74) is 5.58. The van der Waals surface area contributed by atoms with Crippen LogP contribution in [0.25, 0.3) is 11.0 Å². The molecule has 1 heterocycles. The maximum Gasteiger partial charge on any atom is 0.323 e. The van der Waals surface area contributed by atoms with Crippen LogP contribution in [0.1, 0.15) is 16.7 Å². The van der Waals surface area contributed by atoms with Crippen LogP contribution in [0.5, 0.6) is 11.5 Å². The zero-order valence-corrected chi connectivity index (χ0v) is 18.3. The maximum atomic E-state index is 11.4. The lowest BCUT2D eigenvalue weighted by molar-refractivity contribution is 0.282. The van der Waals surface area contributed by atoms with E-state index in [4.69, 9.17) is 9.47 Å². The van der Waals surface area contributed by atoms with Gasteiger partial charge in [-0.1, -0.05) is 29.8 Å². The van der Waals surface area contributed by atoms with Gasteiger partial charge in [0.1, 0.15) is 6.61 Å². The van der Waals surface area contributed by atoms with Crippen LogP contribution in [-0.2, 0) is 13.2 Å². The monoisotopic (exact) mass is 467 g/mol. The van der Waals surface area contributed by atoms with Crippen LogP contribution < -0.4 is 20.5 Å². The van der Waals surface area contributed by atoms with Gasteiger partial charge in [0.25, 0.3) is 0 Å². The van der Waals surface area contributed by atoms with Gasteiger partial charge < -0.3 is 24.8 Å². The third-order valence-electron chi connectivity index (χ3n) is 4.77. The molecular weight excluding hydrogens is 446 g/mol. The van der Waals surface area contributed by atoms with E-state index in [-0.39, 0.29) is 5.69 Å². The number of hydrogen-bond donors (Lipinski definition) is 3. The van der Waals surface area contributed by atoms with E-state index in [1.165, 1.54) is 5.56 Å². The highest BCUT2D eigenvalue weighted by molar-refractivity contribution is 9.10. The highest BCUT2D eigenvalue weighted by Gasteiger charge is 2.12. The first-order chi connectivity index (χ1) is 14.5. The third kappa shape index (κ3) is 4.52. The van der Waals surface area contributed by atoms with Crippen LogP contribution in [-0.4, -0.2) is 17.1 Å². The fraction of sp³-hybridized carbons (Fsp3) is 0.174. The number of aromatic amines is 2. The summed E-state index contributed by atoms with van der Waals surface area (Å²) in [5.74, 6) is 1.34. The van der Waals surface area contributed by atoms with Crippen molar-refractivity contribution in [2.45, 2.75) is 20.1 Å². The molecule has 0 saturated carbocycles. The van der Waals surface area contributed by atoms with Crippen LogP contribution in [0, 0.1) is 6.92 Å². The van der Waals surface area contributed by atoms with Crippen LogP contribution in [0.4, 0.5) is 5.69 Å². The minimum atomic E-state index is -0.211. The van der Waals surface area contributed by atoms with Gasteiger partial charge in [-0.2, -0.15) is 0 Å². The van der Waals surface area contributed by atoms with Gasteiger partial charge in [-0.25, -0.2) is 4.79 Å². The molecule has 0 amide bonds. The van der Waals surface area contributed by atoms with Crippen molar-refractivity contribution >= 4 is 32.7 Å². The number of rotatable bonds is 7. The van der Waals surface area contributed by atoms with Crippen LogP contribution >= 0.6 is 15.9 Å². The Morgan fingerprint density at radius 2 is 1.83 bits per heavy atom. The van der Waals surface area contributed by atoms with E-state index >= 15 is 0 Å². The van der Waals surface area contributed by atoms with Gasteiger partial charge in [0.15, 0.2) is 11.5 Å². The lowest BCUT2D eigenvalue weighted by Gasteiger charge is -2.15. The number of aryl methyl sites for hydroxylation is 1. The zero-order valence-electron chi connectivity index (χ0n) is 16.7. The van der Waals surface area contributed by atoms with Crippen molar-refractivity contribution < 1.29 is 9.47 Å². The molecule has 0 aliphatic heterocycles. The van der Waals surface area contributed by atoms with E-state index in [1.807, 2.05) is 42.5 Å². The summed E-state index contributed by atoms with van der Waals surface area (Å²) in [7, 11) is 1.63. The molecule has 4 aromatic rings. The van der Waals surface area contributed by atoms with Gasteiger partial charge in [-0.3, -0.25) is 0 Å². The smallest absolute Gasteiger partial charge is 0.323 e. The molecule has 0 radical (unpaired) electrons. The molecule has 0 bridgehead atoms. The number of ether oxygens (including phenoxy) is 2. The standard InChI is InChI=1S/C23H22BrN3O3/c1-14-4-3-5-15(8-14)13-30-22-18(24)9-16(10-21(22)29-2)12-25-17-6-7-19-20(11-17)27-23(28)26-19/h3-11,25H,12-13H2,1-2H3,(H2,26,27,28). The average Bonchev–Trinajstić information content (AvgIpc) is 3.10. The topological polar surface area (TPSA) is 79.1 Å². The van der Waals surface area contributed by atoms with E-state index in [2.05, 4.69) is 50.3 Å². The van der Waals surface area contributed by atoms with E-state index < -0.39 is 0 Å². The zero-order chi connectivity index (χ0) is 21.1. The summed E-state index contributed by atoms with van der Waals surface area (Å²) in [5, 5.41) is 3.37. The van der Waals surface area contributed by atoms with Crippen molar-refractivity contribution in [3.05, 3.63) is 86.2 Å². The van der Waals surface area contributed by atoms with Gasteiger partial charge >= 0.3 is 5.69 Å². The molecule has 4 rings (SSSR count). The average molecular weight is 468 g/mol. The molecule has 154 valence electrons. The summed E-state index contributed by atoms with van der Waals surface area (Å²) in [6, 6.07) is 17.9. The Kier molecular flexibility index (Phi) is 5.81. The molecule has 0 fully saturated rings. The van der Waals surface area contributed by atoms with Crippen LogP contribution in [0.3, 0.4) is 0 Å².